The van der Waals surface area contributed by atoms with Crippen molar-refractivity contribution in [3.8, 4) is 11.4 Å². The Bertz CT molecular complexity index is 745. The highest BCUT2D eigenvalue weighted by molar-refractivity contribution is 5.76. The van der Waals surface area contributed by atoms with E-state index in [0.29, 0.717) is 0 Å². The Hall–Kier alpha value is -2.47. The number of nitrogens with zero attached hydrogens (tertiary/aromatic N) is 4. The largest absolute Gasteiger partial charge is 0.338 e. The maximum atomic E-state index is 4.59. The van der Waals surface area contributed by atoms with E-state index in [1.54, 1.807) is 0 Å². The number of H-pyrrole nitrogens is 1. The normalized spacial score (nSPS) is 15.5. The van der Waals surface area contributed by atoms with Gasteiger partial charge in [0.2, 0.25) is 5.95 Å². The molecule has 0 radical (unpaired) electrons. The minimum atomic E-state index is 0.720. The molecule has 2 N–H and O–H groups in total. The van der Waals surface area contributed by atoms with E-state index in [-0.39, 0.29) is 0 Å². The highest BCUT2D eigenvalue weighted by Crippen LogP contribution is 2.20. The van der Waals surface area contributed by atoms with Gasteiger partial charge in [-0.15, -0.1) is 0 Å². The molecule has 3 heterocycles. The fourth-order valence-corrected chi connectivity index (χ4v) is 2.55. The Morgan fingerprint density at radius 3 is 2.62 bits per heavy atom. The van der Waals surface area contributed by atoms with Gasteiger partial charge in [0.1, 0.15) is 11.3 Å². The van der Waals surface area contributed by atoms with Gasteiger partial charge in [-0.05, 0) is 0 Å². The molecular weight excluding hydrogens is 264 g/mol. The number of hydrogen-bond donors (Lipinski definition) is 2. The van der Waals surface area contributed by atoms with Gasteiger partial charge < -0.3 is 15.2 Å². The van der Waals surface area contributed by atoms with E-state index in [4.69, 9.17) is 0 Å². The molecule has 1 aliphatic heterocycles. The second-order valence-corrected chi connectivity index (χ2v) is 5.10. The van der Waals surface area contributed by atoms with Gasteiger partial charge in [0, 0.05) is 31.7 Å². The van der Waals surface area contributed by atoms with Crippen LogP contribution in [0.5, 0.6) is 0 Å². The molecule has 4 rings (SSSR count). The van der Waals surface area contributed by atoms with Crippen LogP contribution in [0.3, 0.4) is 0 Å². The first-order chi connectivity index (χ1) is 10.4. The van der Waals surface area contributed by atoms with Gasteiger partial charge in [0.05, 0.1) is 6.20 Å². The molecule has 0 atom stereocenters. The molecule has 1 aromatic carbocycles. The Morgan fingerprint density at radius 2 is 1.81 bits per heavy atom. The van der Waals surface area contributed by atoms with Crippen LogP contribution in [0.25, 0.3) is 22.6 Å². The van der Waals surface area contributed by atoms with Crippen molar-refractivity contribution in [2.24, 2.45) is 0 Å². The monoisotopic (exact) mass is 280 g/mol. The molecule has 106 valence electrons. The third-order valence-electron chi connectivity index (χ3n) is 3.67. The Balaban J connectivity index is 1.71. The summed E-state index contributed by atoms with van der Waals surface area (Å²) in [5.41, 5.74) is 2.64. The lowest BCUT2D eigenvalue weighted by Crippen LogP contribution is -2.44. The third-order valence-corrected chi connectivity index (χ3v) is 3.67. The van der Waals surface area contributed by atoms with Crippen LogP contribution in [-0.2, 0) is 0 Å². The molecule has 1 fully saturated rings. The molecule has 21 heavy (non-hydrogen) atoms. The number of nitrogens with one attached hydrogen (secondary N) is 2. The van der Waals surface area contributed by atoms with Crippen molar-refractivity contribution in [1.82, 2.24) is 25.3 Å². The summed E-state index contributed by atoms with van der Waals surface area (Å²) in [6, 6.07) is 10.1. The quantitative estimate of drug-likeness (QED) is 0.743. The zero-order valence-corrected chi connectivity index (χ0v) is 11.6. The predicted octanol–water partition coefficient (Wildman–Crippen LogP) is 1.43. The lowest BCUT2D eigenvalue weighted by molar-refractivity contribution is 0.580. The molecule has 6 nitrogen and oxygen atoms in total. The van der Waals surface area contributed by atoms with E-state index in [0.717, 1.165) is 54.7 Å². The number of aromatic nitrogens is 4. The van der Waals surface area contributed by atoms with Crippen LogP contribution >= 0.6 is 0 Å². The minimum absolute atomic E-state index is 0.720. The van der Waals surface area contributed by atoms with Crippen LogP contribution in [0.4, 0.5) is 5.95 Å². The fraction of sp³-hybridized carbons (Fsp3) is 0.267. The van der Waals surface area contributed by atoms with Crippen LogP contribution in [0.2, 0.25) is 0 Å². The highest BCUT2D eigenvalue weighted by atomic mass is 15.3. The minimum Gasteiger partial charge on any atom is -0.338 e. The van der Waals surface area contributed by atoms with Crippen LogP contribution in [0, 0.1) is 0 Å². The summed E-state index contributed by atoms with van der Waals surface area (Å²) in [4.78, 5) is 19.1. The second-order valence-electron chi connectivity index (χ2n) is 5.10. The molecule has 1 aliphatic rings. The number of rotatable bonds is 2. The fourth-order valence-electron chi connectivity index (χ4n) is 2.55. The summed E-state index contributed by atoms with van der Waals surface area (Å²) in [5, 5.41) is 3.33. The van der Waals surface area contributed by atoms with E-state index < -0.39 is 0 Å². The summed E-state index contributed by atoms with van der Waals surface area (Å²) >= 11 is 0. The molecule has 6 heteroatoms. The standard InChI is InChI=1S/C15H16N6/c1-2-4-11(5-3-1)13-18-12-10-17-15(20-14(12)19-13)21-8-6-16-7-9-21/h1-5,10,16H,6-9H2,(H,17,18,19,20). The number of aromatic amines is 1. The average Bonchev–Trinajstić information content (AvgIpc) is 2.99. The summed E-state index contributed by atoms with van der Waals surface area (Å²) < 4.78 is 0. The van der Waals surface area contributed by atoms with Gasteiger partial charge in [0.25, 0.3) is 0 Å². The Kier molecular flexibility index (Phi) is 3.01. The van der Waals surface area contributed by atoms with E-state index in [2.05, 4.69) is 30.2 Å². The number of fused-ring (bicyclic) bond motifs is 1. The molecule has 0 aliphatic carbocycles. The van der Waals surface area contributed by atoms with Crippen LogP contribution in [0.15, 0.2) is 36.5 Å². The molecule has 0 bridgehead atoms. The Labute approximate surface area is 122 Å². The van der Waals surface area contributed by atoms with Crippen LogP contribution in [0.1, 0.15) is 0 Å². The van der Waals surface area contributed by atoms with Gasteiger partial charge in [-0.1, -0.05) is 30.3 Å². The van der Waals surface area contributed by atoms with E-state index in [9.17, 15) is 0 Å². The topological polar surface area (TPSA) is 69.7 Å². The SMILES string of the molecule is c1ccc(-c2nc3nc(N4CCNCC4)ncc3[nH]2)cc1. The number of imidazole rings is 1. The van der Waals surface area contributed by atoms with E-state index in [1.807, 2.05) is 36.5 Å². The first-order valence-electron chi connectivity index (χ1n) is 7.14. The molecule has 0 amide bonds. The van der Waals surface area contributed by atoms with Crippen molar-refractivity contribution in [3.05, 3.63) is 36.5 Å². The molecule has 3 aromatic rings. The number of anilines is 1. The zero-order chi connectivity index (χ0) is 14.1. The summed E-state index contributed by atoms with van der Waals surface area (Å²) in [7, 11) is 0. The van der Waals surface area contributed by atoms with Gasteiger partial charge in [0.15, 0.2) is 5.65 Å². The van der Waals surface area contributed by atoms with Crippen molar-refractivity contribution < 1.29 is 0 Å². The van der Waals surface area contributed by atoms with E-state index >= 15 is 0 Å². The summed E-state index contributed by atoms with van der Waals surface area (Å²) in [5.74, 6) is 1.59. The molecule has 0 saturated carbocycles. The predicted molar refractivity (Wildman–Crippen MR) is 82.2 cm³/mol. The lowest BCUT2D eigenvalue weighted by Gasteiger charge is -2.26. The molecule has 2 aromatic heterocycles. The highest BCUT2D eigenvalue weighted by Gasteiger charge is 2.15. The number of piperazine rings is 1. The van der Waals surface area contributed by atoms with Crippen LogP contribution < -0.4 is 10.2 Å². The van der Waals surface area contributed by atoms with Crippen molar-refractivity contribution in [1.29, 1.82) is 0 Å². The maximum absolute atomic E-state index is 4.59. The number of benzene rings is 1. The summed E-state index contributed by atoms with van der Waals surface area (Å²) in [6.45, 7) is 3.80. The van der Waals surface area contributed by atoms with Gasteiger partial charge in [-0.3, -0.25) is 0 Å². The first-order valence-corrected chi connectivity index (χ1v) is 7.14. The van der Waals surface area contributed by atoms with Gasteiger partial charge in [-0.2, -0.15) is 4.98 Å². The van der Waals surface area contributed by atoms with Gasteiger partial charge >= 0.3 is 0 Å². The zero-order valence-electron chi connectivity index (χ0n) is 11.6. The van der Waals surface area contributed by atoms with Crippen molar-refractivity contribution in [2.45, 2.75) is 0 Å². The maximum Gasteiger partial charge on any atom is 0.227 e. The smallest absolute Gasteiger partial charge is 0.227 e. The second kappa shape index (κ2) is 5.14. The van der Waals surface area contributed by atoms with E-state index in [1.165, 1.54) is 0 Å². The first kappa shape index (κ1) is 12.3. The summed E-state index contributed by atoms with van der Waals surface area (Å²) in [6.07, 6.45) is 1.82. The molecule has 1 saturated heterocycles. The number of hydrogen-bond acceptors (Lipinski definition) is 5. The third kappa shape index (κ3) is 2.34. The van der Waals surface area contributed by atoms with Crippen molar-refractivity contribution in [2.75, 3.05) is 31.1 Å². The van der Waals surface area contributed by atoms with Gasteiger partial charge in [-0.25, -0.2) is 9.97 Å². The average molecular weight is 280 g/mol. The lowest BCUT2D eigenvalue weighted by atomic mass is 10.2. The molecule has 0 spiro atoms. The van der Waals surface area contributed by atoms with Crippen LogP contribution in [-0.4, -0.2) is 46.1 Å². The molecule has 0 unspecified atom stereocenters. The van der Waals surface area contributed by atoms with Crippen molar-refractivity contribution in [3.63, 3.8) is 0 Å². The molecular formula is C15H16N6. The van der Waals surface area contributed by atoms with Crippen molar-refractivity contribution >= 4 is 17.1 Å². The Morgan fingerprint density at radius 1 is 1.00 bits per heavy atom.